The number of nitro groups is 1. The van der Waals surface area contributed by atoms with Crippen molar-refractivity contribution in [3.63, 3.8) is 0 Å². The predicted octanol–water partition coefficient (Wildman–Crippen LogP) is 5.70. The predicted molar refractivity (Wildman–Crippen MR) is 168 cm³/mol. The maximum Gasteiger partial charge on any atom is 0.271 e. The molecule has 0 bridgehead atoms. The number of para-hydroxylation sites is 1. The van der Waals surface area contributed by atoms with Gasteiger partial charge in [-0.1, -0.05) is 53.3 Å². The maximum atomic E-state index is 14.0. The number of non-ortho nitro benzene ring substituents is 1. The van der Waals surface area contributed by atoms with Gasteiger partial charge in [-0.25, -0.2) is 4.99 Å². The van der Waals surface area contributed by atoms with Crippen LogP contribution in [-0.4, -0.2) is 22.5 Å². The van der Waals surface area contributed by atoms with E-state index < -0.39 is 11.0 Å². The van der Waals surface area contributed by atoms with Gasteiger partial charge in [0.15, 0.2) is 4.80 Å². The van der Waals surface area contributed by atoms with Crippen LogP contribution in [0.25, 0.3) is 17.4 Å². The zero-order chi connectivity index (χ0) is 31.0. The van der Waals surface area contributed by atoms with Gasteiger partial charge >= 0.3 is 0 Å². The van der Waals surface area contributed by atoms with Crippen LogP contribution in [0.15, 0.2) is 110 Å². The minimum absolute atomic E-state index is 0.129. The molecule has 1 N–H and O–H groups in total. The van der Waals surface area contributed by atoms with Crippen LogP contribution >= 0.6 is 22.9 Å². The number of benzene rings is 3. The van der Waals surface area contributed by atoms with Gasteiger partial charge in [0.25, 0.3) is 17.2 Å². The van der Waals surface area contributed by atoms with E-state index in [9.17, 15) is 19.7 Å². The van der Waals surface area contributed by atoms with E-state index in [4.69, 9.17) is 20.8 Å². The van der Waals surface area contributed by atoms with Gasteiger partial charge in [-0.3, -0.25) is 24.3 Å². The minimum Gasteiger partial charge on any atom is -0.497 e. The first-order valence-electron chi connectivity index (χ1n) is 13.3. The smallest absolute Gasteiger partial charge is 0.271 e. The Morgan fingerprint density at radius 1 is 1.11 bits per heavy atom. The Morgan fingerprint density at radius 2 is 1.91 bits per heavy atom. The van der Waals surface area contributed by atoms with Crippen molar-refractivity contribution in [2.24, 2.45) is 4.99 Å². The number of aromatic nitrogens is 1. The average Bonchev–Trinajstić information content (AvgIpc) is 3.60. The van der Waals surface area contributed by atoms with E-state index in [0.29, 0.717) is 54.7 Å². The molecular formula is C32H23ClN4O6S. The summed E-state index contributed by atoms with van der Waals surface area (Å²) in [6, 6.07) is 22.8. The van der Waals surface area contributed by atoms with E-state index in [1.54, 1.807) is 62.6 Å². The minimum atomic E-state index is -0.789. The summed E-state index contributed by atoms with van der Waals surface area (Å²) in [5.74, 6) is 0.834. The molecule has 3 heterocycles. The molecule has 1 atom stereocenters. The van der Waals surface area contributed by atoms with E-state index in [1.807, 2.05) is 24.3 Å². The molecule has 220 valence electrons. The molecule has 2 aromatic heterocycles. The Labute approximate surface area is 259 Å². The number of thiazole rings is 1. The number of ether oxygens (including phenoxy) is 1. The van der Waals surface area contributed by atoms with E-state index in [1.165, 1.54) is 22.8 Å². The largest absolute Gasteiger partial charge is 0.497 e. The second kappa shape index (κ2) is 11.8. The lowest BCUT2D eigenvalue weighted by Crippen LogP contribution is -2.40. The number of methoxy groups -OCH3 is 1. The number of nitrogens with zero attached hydrogens (tertiary/aromatic N) is 3. The van der Waals surface area contributed by atoms with E-state index >= 15 is 0 Å². The van der Waals surface area contributed by atoms with Crippen molar-refractivity contribution in [1.29, 1.82) is 0 Å². The number of halogens is 1. The van der Waals surface area contributed by atoms with Crippen LogP contribution < -0.4 is 24.9 Å². The maximum absolute atomic E-state index is 14.0. The van der Waals surface area contributed by atoms with Crippen LogP contribution in [0.2, 0.25) is 5.02 Å². The van der Waals surface area contributed by atoms with Crippen molar-refractivity contribution < 1.29 is 18.9 Å². The highest BCUT2D eigenvalue weighted by atomic mass is 35.5. The molecule has 6 rings (SSSR count). The van der Waals surface area contributed by atoms with E-state index in [0.717, 1.165) is 11.3 Å². The van der Waals surface area contributed by atoms with Gasteiger partial charge in [0.1, 0.15) is 17.3 Å². The highest BCUT2D eigenvalue weighted by Gasteiger charge is 2.33. The van der Waals surface area contributed by atoms with E-state index in [-0.39, 0.29) is 22.2 Å². The van der Waals surface area contributed by atoms with Crippen molar-refractivity contribution in [2.75, 3.05) is 12.4 Å². The monoisotopic (exact) mass is 626 g/mol. The first-order valence-corrected chi connectivity index (χ1v) is 14.5. The molecule has 0 radical (unpaired) electrons. The van der Waals surface area contributed by atoms with Gasteiger partial charge in [0.05, 0.1) is 38.9 Å². The molecule has 0 aliphatic carbocycles. The molecule has 10 nitrogen and oxygen atoms in total. The Morgan fingerprint density at radius 3 is 2.66 bits per heavy atom. The summed E-state index contributed by atoms with van der Waals surface area (Å²) in [4.78, 5) is 43.5. The summed E-state index contributed by atoms with van der Waals surface area (Å²) in [5.41, 5.74) is 1.93. The van der Waals surface area contributed by atoms with Crippen molar-refractivity contribution in [1.82, 2.24) is 4.57 Å². The SMILES string of the molecule is COc1cccc([C@@H]2C(C(=O)Nc3ccccc3)=C(C)N=c3s/c(=C\c4ccc(-c5cc([N+](=O)[O-])ccc5Cl)o4)c(=O)n32)c1. The van der Waals surface area contributed by atoms with Crippen LogP contribution in [0.5, 0.6) is 5.75 Å². The number of rotatable bonds is 7. The summed E-state index contributed by atoms with van der Waals surface area (Å²) in [5, 5.41) is 14.5. The number of carbonyl (C=O) groups is 1. The van der Waals surface area contributed by atoms with Gasteiger partial charge in [-0.15, -0.1) is 0 Å². The van der Waals surface area contributed by atoms with Crippen LogP contribution in [-0.2, 0) is 4.79 Å². The number of carbonyl (C=O) groups excluding carboxylic acids is 1. The van der Waals surface area contributed by atoms with Gasteiger partial charge in [0.2, 0.25) is 0 Å². The molecule has 0 spiro atoms. The number of hydrogen-bond donors (Lipinski definition) is 1. The summed E-state index contributed by atoms with van der Waals surface area (Å²) < 4.78 is 13.2. The van der Waals surface area contributed by atoms with Gasteiger partial charge < -0.3 is 14.5 Å². The lowest BCUT2D eigenvalue weighted by molar-refractivity contribution is -0.384. The Kier molecular flexibility index (Phi) is 7.73. The number of amides is 1. The molecule has 3 aromatic carbocycles. The number of hydrogen-bond acceptors (Lipinski definition) is 8. The topological polar surface area (TPSA) is 129 Å². The normalized spacial score (nSPS) is 14.6. The Balaban J connectivity index is 1.45. The first-order chi connectivity index (χ1) is 21.2. The summed E-state index contributed by atoms with van der Waals surface area (Å²) >= 11 is 7.45. The van der Waals surface area contributed by atoms with Gasteiger partial charge in [-0.05, 0) is 55.0 Å². The summed E-state index contributed by atoms with van der Waals surface area (Å²) in [7, 11) is 1.55. The molecule has 1 aliphatic heterocycles. The number of allylic oxidation sites excluding steroid dienone is 1. The Bertz CT molecular complexity index is 2150. The molecule has 0 fully saturated rings. The number of fused-ring (bicyclic) bond motifs is 1. The summed E-state index contributed by atoms with van der Waals surface area (Å²) in [6.07, 6.45) is 1.57. The second-order valence-corrected chi connectivity index (χ2v) is 11.2. The third-order valence-corrected chi connectivity index (χ3v) is 8.35. The number of nitro benzene ring substituents is 1. The zero-order valence-electron chi connectivity index (χ0n) is 23.3. The lowest BCUT2D eigenvalue weighted by atomic mass is 9.95. The standard InChI is InChI=1S/C32H23ClN4O6S/c1-18-28(30(38)35-20-8-4-3-5-9-20)29(19-7-6-10-22(15-19)42-2)36-31(39)27(44-32(36)34-18)17-23-12-14-26(43-23)24-16-21(37(40)41)11-13-25(24)33/h3-17,29H,1-2H3,(H,35,38)/b27-17-/t29-/m1/s1. The van der Waals surface area contributed by atoms with Crippen LogP contribution in [0.1, 0.15) is 24.3 Å². The fourth-order valence-corrected chi connectivity index (χ4v) is 6.22. The molecule has 0 saturated carbocycles. The number of furan rings is 1. The molecule has 44 heavy (non-hydrogen) atoms. The van der Waals surface area contributed by atoms with Crippen molar-refractivity contribution in [3.05, 3.63) is 142 Å². The van der Waals surface area contributed by atoms with Crippen molar-refractivity contribution in [3.8, 4) is 17.1 Å². The van der Waals surface area contributed by atoms with Gasteiger partial charge in [0, 0.05) is 29.5 Å². The fraction of sp³-hybridized carbons (Fsp3) is 0.0938. The van der Waals surface area contributed by atoms with Gasteiger partial charge in [-0.2, -0.15) is 0 Å². The fourth-order valence-electron chi connectivity index (χ4n) is 4.98. The third kappa shape index (κ3) is 5.46. The molecule has 1 aliphatic rings. The zero-order valence-corrected chi connectivity index (χ0v) is 24.9. The molecule has 1 amide bonds. The lowest BCUT2D eigenvalue weighted by Gasteiger charge is -2.25. The molecule has 0 unspecified atom stereocenters. The molecule has 0 saturated heterocycles. The average molecular weight is 627 g/mol. The first kappa shape index (κ1) is 28.8. The number of nitrogens with one attached hydrogen (secondary N) is 1. The highest BCUT2D eigenvalue weighted by Crippen LogP contribution is 2.34. The van der Waals surface area contributed by atoms with Crippen molar-refractivity contribution in [2.45, 2.75) is 13.0 Å². The number of anilines is 1. The second-order valence-electron chi connectivity index (χ2n) is 9.80. The van der Waals surface area contributed by atoms with E-state index in [2.05, 4.69) is 10.3 Å². The highest BCUT2D eigenvalue weighted by molar-refractivity contribution is 7.07. The van der Waals surface area contributed by atoms with Crippen LogP contribution in [0, 0.1) is 10.1 Å². The van der Waals surface area contributed by atoms with Crippen LogP contribution in [0.4, 0.5) is 11.4 Å². The molecule has 12 heteroatoms. The van der Waals surface area contributed by atoms with Crippen LogP contribution in [0.3, 0.4) is 0 Å². The molecule has 5 aromatic rings. The quantitative estimate of drug-likeness (QED) is 0.182. The van der Waals surface area contributed by atoms with Crippen molar-refractivity contribution >= 4 is 46.3 Å². The Hall–Kier alpha value is -5.26. The third-order valence-electron chi connectivity index (χ3n) is 7.03. The molecular weight excluding hydrogens is 604 g/mol. The summed E-state index contributed by atoms with van der Waals surface area (Å²) in [6.45, 7) is 1.74.